The molecule has 3 aromatic rings. The SMILES string of the molecule is COCCNS(=O)(=O)c1cccc(C(=O)Nc2n[nH]c(-c3ccncc3)c2C)c1. The zero-order chi connectivity index (χ0) is 20.9. The predicted octanol–water partition coefficient (Wildman–Crippen LogP) is 1.96. The summed E-state index contributed by atoms with van der Waals surface area (Å²) in [5.74, 6) is -0.0943. The van der Waals surface area contributed by atoms with Crippen LogP contribution in [0.1, 0.15) is 15.9 Å². The van der Waals surface area contributed by atoms with Crippen molar-refractivity contribution < 1.29 is 17.9 Å². The highest BCUT2D eigenvalue weighted by Gasteiger charge is 2.18. The number of carbonyl (C=O) groups excluding carboxylic acids is 1. The fourth-order valence-electron chi connectivity index (χ4n) is 2.66. The number of amides is 1. The molecule has 0 atom stereocenters. The maximum Gasteiger partial charge on any atom is 0.256 e. The van der Waals surface area contributed by atoms with Gasteiger partial charge >= 0.3 is 0 Å². The number of methoxy groups -OCH3 is 1. The number of pyridine rings is 1. The number of benzene rings is 1. The Morgan fingerprint density at radius 1 is 1.21 bits per heavy atom. The number of carbonyl (C=O) groups is 1. The summed E-state index contributed by atoms with van der Waals surface area (Å²) in [6, 6.07) is 9.45. The second-order valence-corrected chi connectivity index (χ2v) is 7.95. The molecule has 0 saturated heterocycles. The molecule has 3 rings (SSSR count). The summed E-state index contributed by atoms with van der Waals surface area (Å²) in [6.07, 6.45) is 3.33. The molecule has 1 amide bonds. The van der Waals surface area contributed by atoms with Crippen LogP contribution in [0.4, 0.5) is 5.82 Å². The van der Waals surface area contributed by atoms with Crippen molar-refractivity contribution in [1.29, 1.82) is 0 Å². The fraction of sp³-hybridized carbons (Fsp3) is 0.211. The van der Waals surface area contributed by atoms with Crippen molar-refractivity contribution in [3.05, 3.63) is 59.9 Å². The van der Waals surface area contributed by atoms with Crippen molar-refractivity contribution in [3.8, 4) is 11.3 Å². The van der Waals surface area contributed by atoms with Crippen molar-refractivity contribution in [3.63, 3.8) is 0 Å². The van der Waals surface area contributed by atoms with Crippen LogP contribution in [0.15, 0.2) is 53.7 Å². The van der Waals surface area contributed by atoms with E-state index in [0.29, 0.717) is 5.82 Å². The summed E-state index contributed by atoms with van der Waals surface area (Å²) in [6.45, 7) is 2.21. The van der Waals surface area contributed by atoms with Gasteiger partial charge in [-0.3, -0.25) is 14.9 Å². The number of H-pyrrole nitrogens is 1. The lowest BCUT2D eigenvalue weighted by molar-refractivity contribution is 0.102. The van der Waals surface area contributed by atoms with E-state index in [4.69, 9.17) is 4.74 Å². The molecular weight excluding hydrogens is 394 g/mol. The molecule has 29 heavy (non-hydrogen) atoms. The van der Waals surface area contributed by atoms with Gasteiger partial charge in [-0.2, -0.15) is 5.10 Å². The molecule has 0 bridgehead atoms. The van der Waals surface area contributed by atoms with E-state index in [1.165, 1.54) is 31.4 Å². The van der Waals surface area contributed by atoms with Crippen LogP contribution in [0.3, 0.4) is 0 Å². The minimum Gasteiger partial charge on any atom is -0.383 e. The molecule has 9 nitrogen and oxygen atoms in total. The van der Waals surface area contributed by atoms with Crippen molar-refractivity contribution in [2.75, 3.05) is 25.6 Å². The van der Waals surface area contributed by atoms with Crippen molar-refractivity contribution in [2.45, 2.75) is 11.8 Å². The topological polar surface area (TPSA) is 126 Å². The molecule has 0 fully saturated rings. The first-order valence-corrected chi connectivity index (χ1v) is 10.3. The van der Waals surface area contributed by atoms with Gasteiger partial charge in [0.05, 0.1) is 17.2 Å². The fourth-order valence-corrected chi connectivity index (χ4v) is 3.72. The first-order chi connectivity index (χ1) is 13.9. The molecule has 1 aromatic carbocycles. The average Bonchev–Trinajstić information content (AvgIpc) is 3.09. The van der Waals surface area contributed by atoms with Crippen LogP contribution in [-0.2, 0) is 14.8 Å². The monoisotopic (exact) mass is 415 g/mol. The Morgan fingerprint density at radius 2 is 1.97 bits per heavy atom. The van der Waals surface area contributed by atoms with E-state index >= 15 is 0 Å². The number of anilines is 1. The van der Waals surface area contributed by atoms with Crippen molar-refractivity contribution in [2.24, 2.45) is 0 Å². The van der Waals surface area contributed by atoms with E-state index in [-0.39, 0.29) is 23.6 Å². The zero-order valence-electron chi connectivity index (χ0n) is 16.0. The summed E-state index contributed by atoms with van der Waals surface area (Å²) < 4.78 is 31.9. The lowest BCUT2D eigenvalue weighted by Crippen LogP contribution is -2.27. The average molecular weight is 415 g/mol. The molecular formula is C19H21N5O4S. The molecule has 0 aliphatic carbocycles. The molecule has 0 saturated carbocycles. The molecule has 2 heterocycles. The Hall–Kier alpha value is -3.08. The minimum absolute atomic E-state index is 0.00234. The second kappa shape index (κ2) is 8.95. The second-order valence-electron chi connectivity index (χ2n) is 6.18. The predicted molar refractivity (Wildman–Crippen MR) is 108 cm³/mol. The number of ether oxygens (including phenoxy) is 1. The van der Waals surface area contributed by atoms with Crippen molar-refractivity contribution in [1.82, 2.24) is 19.9 Å². The quantitative estimate of drug-likeness (QED) is 0.483. The van der Waals surface area contributed by atoms with E-state index in [0.717, 1.165) is 16.8 Å². The molecule has 0 spiro atoms. The van der Waals surface area contributed by atoms with Gasteiger partial charge in [-0.1, -0.05) is 6.07 Å². The van der Waals surface area contributed by atoms with E-state index in [2.05, 4.69) is 25.2 Å². The van der Waals surface area contributed by atoms with Gasteiger partial charge in [0.2, 0.25) is 10.0 Å². The zero-order valence-corrected chi connectivity index (χ0v) is 16.8. The standard InChI is InChI=1S/C19H21N5O4S/c1-13-17(14-6-8-20-9-7-14)23-24-18(13)22-19(25)15-4-3-5-16(12-15)29(26,27)21-10-11-28-2/h3-9,12,21H,10-11H2,1-2H3,(H2,22,23,24,25). The molecule has 0 unspecified atom stereocenters. The van der Waals surface area contributed by atoms with Crippen LogP contribution in [0, 0.1) is 6.92 Å². The summed E-state index contributed by atoms with van der Waals surface area (Å²) in [5.41, 5.74) is 2.61. The highest BCUT2D eigenvalue weighted by molar-refractivity contribution is 7.89. The summed E-state index contributed by atoms with van der Waals surface area (Å²) in [4.78, 5) is 16.6. The van der Waals surface area contributed by atoms with E-state index in [1.54, 1.807) is 12.4 Å². The number of rotatable bonds is 8. The largest absolute Gasteiger partial charge is 0.383 e. The molecule has 10 heteroatoms. The summed E-state index contributed by atoms with van der Waals surface area (Å²) in [7, 11) is -2.26. The Labute approximate surface area is 168 Å². The third kappa shape index (κ3) is 4.86. The Kier molecular flexibility index (Phi) is 6.37. The van der Waals surface area contributed by atoms with E-state index < -0.39 is 15.9 Å². The molecule has 0 aliphatic heterocycles. The van der Waals surface area contributed by atoms with Crippen LogP contribution < -0.4 is 10.0 Å². The molecule has 0 radical (unpaired) electrons. The van der Waals surface area contributed by atoms with Gasteiger partial charge in [-0.25, -0.2) is 13.1 Å². The Morgan fingerprint density at radius 3 is 2.69 bits per heavy atom. The molecule has 0 aliphatic rings. The molecule has 152 valence electrons. The highest BCUT2D eigenvalue weighted by atomic mass is 32.2. The van der Waals surface area contributed by atoms with Gasteiger partial charge in [0.1, 0.15) is 0 Å². The lowest BCUT2D eigenvalue weighted by Gasteiger charge is -2.08. The van der Waals surface area contributed by atoms with Gasteiger partial charge in [0.25, 0.3) is 5.91 Å². The minimum atomic E-state index is -3.74. The van der Waals surface area contributed by atoms with E-state index in [9.17, 15) is 13.2 Å². The van der Waals surface area contributed by atoms with Gasteiger partial charge in [-0.15, -0.1) is 0 Å². The van der Waals surface area contributed by atoms with Crippen LogP contribution >= 0.6 is 0 Å². The van der Waals surface area contributed by atoms with Crippen molar-refractivity contribution >= 4 is 21.7 Å². The summed E-state index contributed by atoms with van der Waals surface area (Å²) >= 11 is 0. The number of nitrogens with one attached hydrogen (secondary N) is 3. The van der Waals surface area contributed by atoms with Crippen LogP contribution in [-0.4, -0.2) is 49.8 Å². The van der Waals surface area contributed by atoms with Crippen LogP contribution in [0.2, 0.25) is 0 Å². The Balaban J connectivity index is 1.78. The summed E-state index contributed by atoms with van der Waals surface area (Å²) in [5, 5.41) is 9.77. The lowest BCUT2D eigenvalue weighted by atomic mass is 10.1. The molecule has 3 N–H and O–H groups in total. The third-order valence-corrected chi connectivity index (χ3v) is 5.67. The van der Waals surface area contributed by atoms with Crippen LogP contribution in [0.25, 0.3) is 11.3 Å². The maximum atomic E-state index is 12.6. The highest BCUT2D eigenvalue weighted by Crippen LogP contribution is 2.25. The third-order valence-electron chi connectivity index (χ3n) is 4.22. The smallest absolute Gasteiger partial charge is 0.256 e. The van der Waals surface area contributed by atoms with Gasteiger partial charge < -0.3 is 10.1 Å². The van der Waals surface area contributed by atoms with Crippen LogP contribution in [0.5, 0.6) is 0 Å². The van der Waals surface area contributed by atoms with Gasteiger partial charge in [0, 0.05) is 42.7 Å². The number of aromatic amines is 1. The van der Waals surface area contributed by atoms with Gasteiger partial charge in [0.15, 0.2) is 5.82 Å². The maximum absolute atomic E-state index is 12.6. The number of aromatic nitrogens is 3. The number of hydrogen-bond donors (Lipinski definition) is 3. The van der Waals surface area contributed by atoms with E-state index in [1.807, 2.05) is 19.1 Å². The number of nitrogens with zero attached hydrogens (tertiary/aromatic N) is 2. The number of hydrogen-bond acceptors (Lipinski definition) is 6. The first kappa shape index (κ1) is 20.6. The Bertz CT molecular complexity index is 1100. The first-order valence-electron chi connectivity index (χ1n) is 8.78. The normalized spacial score (nSPS) is 11.4. The molecule has 2 aromatic heterocycles. The van der Waals surface area contributed by atoms with Gasteiger partial charge in [-0.05, 0) is 37.3 Å². The number of sulfonamides is 1.